The molecule has 0 N–H and O–H groups in total. The normalized spacial score (nSPS) is 17.7. The summed E-state index contributed by atoms with van der Waals surface area (Å²) in [5.74, 6) is 0.523. The van der Waals surface area contributed by atoms with Crippen LogP contribution in [0.3, 0.4) is 0 Å². The van der Waals surface area contributed by atoms with E-state index in [1.54, 1.807) is 18.6 Å². The molecule has 2 heterocycles. The zero-order chi connectivity index (χ0) is 15.4. The maximum Gasteiger partial charge on any atom is 0.222 e. The Labute approximate surface area is 135 Å². The summed E-state index contributed by atoms with van der Waals surface area (Å²) >= 11 is 6.25. The molecule has 0 aliphatic carbocycles. The van der Waals surface area contributed by atoms with Gasteiger partial charge in [-0.2, -0.15) is 0 Å². The van der Waals surface area contributed by atoms with E-state index in [1.165, 1.54) is 0 Å². The van der Waals surface area contributed by atoms with Gasteiger partial charge in [0.15, 0.2) is 0 Å². The van der Waals surface area contributed by atoms with Crippen LogP contribution < -0.4 is 0 Å². The van der Waals surface area contributed by atoms with Crippen LogP contribution >= 0.6 is 11.6 Å². The minimum absolute atomic E-state index is 0.181. The molecule has 1 saturated heterocycles. The number of amides is 1. The Morgan fingerprint density at radius 1 is 1.32 bits per heavy atom. The summed E-state index contributed by atoms with van der Waals surface area (Å²) in [6, 6.07) is 7.90. The predicted molar refractivity (Wildman–Crippen MR) is 85.7 cm³/mol. The number of rotatable bonds is 4. The third kappa shape index (κ3) is 3.45. The number of carbonyl (C=O) groups excluding carboxylic acids is 1. The van der Waals surface area contributed by atoms with Crippen LogP contribution in [0.4, 0.5) is 0 Å². The Bertz CT molecular complexity index is 647. The summed E-state index contributed by atoms with van der Waals surface area (Å²) in [6.45, 7) is 1.55. The second kappa shape index (κ2) is 6.88. The highest BCUT2D eigenvalue weighted by Gasteiger charge is 2.28. The van der Waals surface area contributed by atoms with Crippen molar-refractivity contribution in [3.05, 3.63) is 59.1 Å². The number of hydrogen-bond acceptors (Lipinski definition) is 3. The number of aromatic nitrogens is 2. The second-order valence-corrected chi connectivity index (χ2v) is 5.95. The quantitative estimate of drug-likeness (QED) is 0.871. The molecule has 0 unspecified atom stereocenters. The first-order valence-corrected chi connectivity index (χ1v) is 7.89. The van der Waals surface area contributed by atoms with Gasteiger partial charge in [0, 0.05) is 49.0 Å². The molecular weight excluding hydrogens is 298 g/mol. The lowest BCUT2D eigenvalue weighted by Crippen LogP contribution is -2.28. The van der Waals surface area contributed by atoms with Crippen LogP contribution in [-0.2, 0) is 11.2 Å². The van der Waals surface area contributed by atoms with E-state index in [-0.39, 0.29) is 5.91 Å². The molecule has 1 aromatic heterocycles. The van der Waals surface area contributed by atoms with Crippen molar-refractivity contribution in [2.45, 2.75) is 25.2 Å². The number of likely N-dealkylation sites (tertiary alicyclic amines) is 1. The molecule has 0 saturated carbocycles. The van der Waals surface area contributed by atoms with Crippen molar-refractivity contribution >= 4 is 17.5 Å². The zero-order valence-electron chi connectivity index (χ0n) is 12.3. The molecular formula is C17H18ClN3O. The highest BCUT2D eigenvalue weighted by atomic mass is 35.5. The molecule has 4 nitrogen and oxygen atoms in total. The van der Waals surface area contributed by atoms with Crippen LogP contribution in [0.1, 0.15) is 30.0 Å². The fourth-order valence-electron chi connectivity index (χ4n) is 2.90. The molecule has 114 valence electrons. The fraction of sp³-hybridized carbons (Fsp3) is 0.353. The second-order valence-electron chi connectivity index (χ2n) is 5.54. The van der Waals surface area contributed by atoms with E-state index in [0.717, 1.165) is 35.8 Å². The third-order valence-electron chi connectivity index (χ3n) is 4.10. The minimum Gasteiger partial charge on any atom is -0.342 e. The maximum absolute atomic E-state index is 12.3. The van der Waals surface area contributed by atoms with Gasteiger partial charge in [0.2, 0.25) is 5.91 Å². The van der Waals surface area contributed by atoms with Gasteiger partial charge in [0.05, 0.1) is 5.69 Å². The van der Waals surface area contributed by atoms with Crippen molar-refractivity contribution in [2.75, 3.05) is 13.1 Å². The van der Waals surface area contributed by atoms with Gasteiger partial charge in [0.25, 0.3) is 0 Å². The molecule has 1 fully saturated rings. The molecule has 0 spiro atoms. The number of benzene rings is 1. The molecule has 5 heteroatoms. The Morgan fingerprint density at radius 3 is 2.95 bits per heavy atom. The van der Waals surface area contributed by atoms with Gasteiger partial charge in [-0.3, -0.25) is 14.8 Å². The molecule has 22 heavy (non-hydrogen) atoms. The van der Waals surface area contributed by atoms with Gasteiger partial charge in [-0.1, -0.05) is 29.8 Å². The van der Waals surface area contributed by atoms with Crippen molar-refractivity contribution in [2.24, 2.45) is 0 Å². The summed E-state index contributed by atoms with van der Waals surface area (Å²) in [7, 11) is 0. The molecule has 2 aromatic rings. The topological polar surface area (TPSA) is 46.1 Å². The van der Waals surface area contributed by atoms with E-state index in [2.05, 4.69) is 16.0 Å². The van der Waals surface area contributed by atoms with Crippen LogP contribution in [0.5, 0.6) is 0 Å². The summed E-state index contributed by atoms with van der Waals surface area (Å²) in [5, 5.41) is 0.793. The number of nitrogens with zero attached hydrogens (tertiary/aromatic N) is 3. The van der Waals surface area contributed by atoms with Crippen molar-refractivity contribution < 1.29 is 4.79 Å². The van der Waals surface area contributed by atoms with Crippen molar-refractivity contribution in [3.63, 3.8) is 0 Å². The Hall–Kier alpha value is -1.94. The highest BCUT2D eigenvalue weighted by Crippen LogP contribution is 2.32. The predicted octanol–water partition coefficient (Wildman–Crippen LogP) is 3.08. The number of aryl methyl sites for hydroxylation is 1. The Balaban J connectivity index is 1.56. The fourth-order valence-corrected chi connectivity index (χ4v) is 3.19. The third-order valence-corrected chi connectivity index (χ3v) is 4.44. The minimum atomic E-state index is 0.181. The lowest BCUT2D eigenvalue weighted by molar-refractivity contribution is -0.130. The van der Waals surface area contributed by atoms with Gasteiger partial charge >= 0.3 is 0 Å². The number of halogens is 1. The highest BCUT2D eigenvalue weighted by molar-refractivity contribution is 6.31. The van der Waals surface area contributed by atoms with Gasteiger partial charge in [-0.05, 0) is 24.5 Å². The lowest BCUT2D eigenvalue weighted by atomic mass is 9.98. The first-order valence-electron chi connectivity index (χ1n) is 7.51. The molecule has 1 amide bonds. The summed E-state index contributed by atoms with van der Waals surface area (Å²) < 4.78 is 0. The standard InChI is InChI=1S/C17H18ClN3O/c18-16-4-2-1-3-15(16)13-7-10-21(12-13)17(22)6-5-14-11-19-8-9-20-14/h1-4,8-9,11,13H,5-7,10,12H2/t13-/m1/s1. The average molecular weight is 316 g/mol. The molecule has 1 aromatic carbocycles. The largest absolute Gasteiger partial charge is 0.342 e. The first-order chi connectivity index (χ1) is 10.7. The number of hydrogen-bond donors (Lipinski definition) is 0. The van der Waals surface area contributed by atoms with Crippen molar-refractivity contribution in [1.82, 2.24) is 14.9 Å². The maximum atomic E-state index is 12.3. The van der Waals surface area contributed by atoms with E-state index >= 15 is 0 Å². The zero-order valence-corrected chi connectivity index (χ0v) is 13.0. The van der Waals surface area contributed by atoms with Gasteiger partial charge in [-0.25, -0.2) is 0 Å². The van der Waals surface area contributed by atoms with E-state index in [4.69, 9.17) is 11.6 Å². The first kappa shape index (κ1) is 15.0. The van der Waals surface area contributed by atoms with Crippen LogP contribution in [0.25, 0.3) is 0 Å². The van der Waals surface area contributed by atoms with E-state index < -0.39 is 0 Å². The van der Waals surface area contributed by atoms with Crippen LogP contribution in [-0.4, -0.2) is 33.9 Å². The number of carbonyl (C=O) groups is 1. The lowest BCUT2D eigenvalue weighted by Gasteiger charge is -2.17. The Kier molecular flexibility index (Phi) is 4.68. The summed E-state index contributed by atoms with van der Waals surface area (Å²) in [4.78, 5) is 22.5. The summed E-state index contributed by atoms with van der Waals surface area (Å²) in [6.07, 6.45) is 7.10. The smallest absolute Gasteiger partial charge is 0.222 e. The average Bonchev–Trinajstić information content (AvgIpc) is 3.04. The SMILES string of the molecule is O=C(CCc1cnccn1)N1CC[C@@H](c2ccccc2Cl)C1. The van der Waals surface area contributed by atoms with Gasteiger partial charge in [-0.15, -0.1) is 0 Å². The van der Waals surface area contributed by atoms with Gasteiger partial charge < -0.3 is 4.90 Å². The van der Waals surface area contributed by atoms with Crippen molar-refractivity contribution in [3.8, 4) is 0 Å². The summed E-state index contributed by atoms with van der Waals surface area (Å²) in [5.41, 5.74) is 2.01. The van der Waals surface area contributed by atoms with Crippen LogP contribution in [0.2, 0.25) is 5.02 Å². The van der Waals surface area contributed by atoms with Crippen molar-refractivity contribution in [1.29, 1.82) is 0 Å². The van der Waals surface area contributed by atoms with E-state index in [1.807, 2.05) is 23.1 Å². The monoisotopic (exact) mass is 315 g/mol. The Morgan fingerprint density at radius 2 is 2.18 bits per heavy atom. The van der Waals surface area contributed by atoms with E-state index in [9.17, 15) is 4.79 Å². The molecule has 1 aliphatic heterocycles. The van der Waals surface area contributed by atoms with Crippen LogP contribution in [0.15, 0.2) is 42.9 Å². The molecule has 1 aliphatic rings. The molecule has 1 atom stereocenters. The van der Waals surface area contributed by atoms with E-state index in [0.29, 0.717) is 18.8 Å². The van der Waals surface area contributed by atoms with Crippen LogP contribution in [0, 0.1) is 0 Å². The van der Waals surface area contributed by atoms with Gasteiger partial charge in [0.1, 0.15) is 0 Å². The molecule has 0 bridgehead atoms. The molecule has 3 rings (SSSR count). The molecule has 0 radical (unpaired) electrons.